The van der Waals surface area contributed by atoms with Gasteiger partial charge in [-0.25, -0.2) is 9.59 Å². The van der Waals surface area contributed by atoms with Crippen LogP contribution < -0.4 is 5.32 Å². The molecule has 1 aromatic rings. The Balaban J connectivity index is 2.88. The molecule has 0 bridgehead atoms. The Labute approximate surface area is 118 Å². The van der Waals surface area contributed by atoms with Gasteiger partial charge in [0.1, 0.15) is 0 Å². The zero-order chi connectivity index (χ0) is 15.1. The number of nitrogens with zero attached hydrogens (tertiary/aromatic N) is 1. The maximum atomic E-state index is 12.2. The van der Waals surface area contributed by atoms with Gasteiger partial charge in [-0.3, -0.25) is 0 Å². The lowest BCUT2D eigenvalue weighted by Crippen LogP contribution is -2.46. The van der Waals surface area contributed by atoms with E-state index in [0.717, 1.165) is 0 Å². The van der Waals surface area contributed by atoms with Crippen LogP contribution in [0.1, 0.15) is 25.5 Å². The van der Waals surface area contributed by atoms with E-state index in [0.29, 0.717) is 12.1 Å². The highest BCUT2D eigenvalue weighted by Crippen LogP contribution is 2.13. The van der Waals surface area contributed by atoms with Crippen LogP contribution in [0.15, 0.2) is 43.0 Å². The van der Waals surface area contributed by atoms with Crippen LogP contribution >= 0.6 is 0 Å². The monoisotopic (exact) mass is 276 g/mol. The van der Waals surface area contributed by atoms with Crippen molar-refractivity contribution in [3.63, 3.8) is 0 Å². The van der Waals surface area contributed by atoms with E-state index in [1.165, 1.54) is 4.90 Å². The third-order valence-electron chi connectivity index (χ3n) is 2.86. The molecule has 5 heteroatoms. The number of amides is 2. The first-order valence-electron chi connectivity index (χ1n) is 6.43. The zero-order valence-corrected chi connectivity index (χ0v) is 11.7. The topological polar surface area (TPSA) is 69.6 Å². The molecule has 2 amide bonds. The van der Waals surface area contributed by atoms with E-state index in [-0.39, 0.29) is 6.04 Å². The van der Waals surface area contributed by atoms with Crippen LogP contribution in [0.25, 0.3) is 0 Å². The summed E-state index contributed by atoms with van der Waals surface area (Å²) in [6.45, 7) is 7.69. The molecule has 0 fully saturated rings. The molecule has 0 spiro atoms. The van der Waals surface area contributed by atoms with Crippen molar-refractivity contribution in [3.05, 3.63) is 48.6 Å². The molecule has 0 unspecified atom stereocenters. The van der Waals surface area contributed by atoms with Gasteiger partial charge < -0.3 is 15.3 Å². The van der Waals surface area contributed by atoms with Gasteiger partial charge in [0.15, 0.2) is 6.04 Å². The number of rotatable bonds is 6. The minimum absolute atomic E-state index is 0.0433. The molecule has 0 aliphatic rings. The number of benzene rings is 1. The molecule has 0 radical (unpaired) electrons. The van der Waals surface area contributed by atoms with Crippen molar-refractivity contribution in [2.24, 2.45) is 0 Å². The van der Waals surface area contributed by atoms with Crippen molar-refractivity contribution in [2.45, 2.75) is 25.9 Å². The van der Waals surface area contributed by atoms with E-state index in [1.54, 1.807) is 36.4 Å². The lowest BCUT2D eigenvalue weighted by molar-refractivity contribution is -0.139. The van der Waals surface area contributed by atoms with Crippen molar-refractivity contribution in [1.29, 1.82) is 0 Å². The average Bonchev–Trinajstić information content (AvgIpc) is 2.42. The van der Waals surface area contributed by atoms with Crippen molar-refractivity contribution in [2.75, 3.05) is 6.54 Å². The lowest BCUT2D eigenvalue weighted by Gasteiger charge is -2.27. The van der Waals surface area contributed by atoms with Gasteiger partial charge in [-0.1, -0.05) is 36.4 Å². The molecule has 1 rings (SSSR count). The second-order valence-electron chi connectivity index (χ2n) is 4.67. The van der Waals surface area contributed by atoms with Gasteiger partial charge in [0.2, 0.25) is 0 Å². The Hall–Kier alpha value is -2.30. The van der Waals surface area contributed by atoms with Crippen molar-refractivity contribution < 1.29 is 14.7 Å². The van der Waals surface area contributed by atoms with E-state index in [1.807, 2.05) is 13.8 Å². The van der Waals surface area contributed by atoms with Crippen LogP contribution in [0.2, 0.25) is 0 Å². The first kappa shape index (κ1) is 15.8. The van der Waals surface area contributed by atoms with Crippen LogP contribution in [0.4, 0.5) is 4.79 Å². The van der Waals surface area contributed by atoms with Gasteiger partial charge in [0.05, 0.1) is 0 Å². The number of hydrogen-bond donors (Lipinski definition) is 2. The number of carbonyl (C=O) groups is 2. The number of hydrogen-bond acceptors (Lipinski definition) is 2. The van der Waals surface area contributed by atoms with Gasteiger partial charge in [-0.15, -0.1) is 6.58 Å². The predicted molar refractivity (Wildman–Crippen MR) is 77.4 cm³/mol. The van der Waals surface area contributed by atoms with Crippen LogP contribution in [-0.4, -0.2) is 34.6 Å². The number of nitrogens with one attached hydrogen (secondary N) is 1. The van der Waals surface area contributed by atoms with Crippen molar-refractivity contribution in [3.8, 4) is 0 Å². The van der Waals surface area contributed by atoms with Gasteiger partial charge in [-0.05, 0) is 19.4 Å². The number of carbonyl (C=O) groups excluding carboxylic acids is 1. The first-order chi connectivity index (χ1) is 9.47. The fraction of sp³-hybridized carbons (Fsp3) is 0.333. The van der Waals surface area contributed by atoms with Gasteiger partial charge >= 0.3 is 12.0 Å². The van der Waals surface area contributed by atoms with E-state index in [9.17, 15) is 14.7 Å². The van der Waals surface area contributed by atoms with Gasteiger partial charge in [0.25, 0.3) is 0 Å². The quantitative estimate of drug-likeness (QED) is 0.784. The number of urea groups is 1. The fourth-order valence-electron chi connectivity index (χ4n) is 1.81. The summed E-state index contributed by atoms with van der Waals surface area (Å²) in [7, 11) is 0. The molecular weight excluding hydrogens is 256 g/mol. The highest BCUT2D eigenvalue weighted by molar-refractivity contribution is 5.83. The Morgan fingerprint density at radius 1 is 1.35 bits per heavy atom. The number of carboxylic acids is 1. The molecule has 0 aliphatic carbocycles. The van der Waals surface area contributed by atoms with Gasteiger partial charge in [0, 0.05) is 12.6 Å². The molecule has 108 valence electrons. The number of carboxylic acid groups (broad SMARTS) is 1. The minimum Gasteiger partial charge on any atom is -0.479 e. The Morgan fingerprint density at radius 3 is 2.40 bits per heavy atom. The average molecular weight is 276 g/mol. The summed E-state index contributed by atoms with van der Waals surface area (Å²) in [5.74, 6) is -1.09. The normalized spacial score (nSPS) is 11.8. The molecule has 0 saturated heterocycles. The SMILES string of the molecule is C=CCN(C(=O)N[C@H](C(=O)O)c1ccccc1)C(C)C. The number of aliphatic carboxylic acids is 1. The third-order valence-corrected chi connectivity index (χ3v) is 2.86. The molecule has 0 aromatic heterocycles. The predicted octanol–water partition coefficient (Wildman–Crippen LogP) is 2.42. The summed E-state index contributed by atoms with van der Waals surface area (Å²) < 4.78 is 0. The summed E-state index contributed by atoms with van der Waals surface area (Å²) in [4.78, 5) is 25.0. The van der Waals surface area contributed by atoms with Crippen molar-refractivity contribution >= 4 is 12.0 Å². The Bertz CT molecular complexity index is 471. The molecule has 5 nitrogen and oxygen atoms in total. The first-order valence-corrected chi connectivity index (χ1v) is 6.43. The molecule has 2 N–H and O–H groups in total. The molecule has 20 heavy (non-hydrogen) atoms. The zero-order valence-electron chi connectivity index (χ0n) is 11.7. The van der Waals surface area contributed by atoms with Crippen LogP contribution in [0.5, 0.6) is 0 Å². The summed E-state index contributed by atoms with van der Waals surface area (Å²) in [6.07, 6.45) is 1.61. The molecular formula is C15H20N2O3. The van der Waals surface area contributed by atoms with Crippen molar-refractivity contribution in [1.82, 2.24) is 10.2 Å². The summed E-state index contributed by atoms with van der Waals surface area (Å²) in [6, 6.07) is 7.09. The van der Waals surface area contributed by atoms with E-state index in [4.69, 9.17) is 0 Å². The van der Waals surface area contributed by atoms with E-state index >= 15 is 0 Å². The third kappa shape index (κ3) is 4.12. The maximum absolute atomic E-state index is 12.2. The smallest absolute Gasteiger partial charge is 0.330 e. The molecule has 0 heterocycles. The van der Waals surface area contributed by atoms with E-state index in [2.05, 4.69) is 11.9 Å². The second kappa shape index (κ2) is 7.33. The summed E-state index contributed by atoms with van der Waals surface area (Å²) in [5.41, 5.74) is 0.538. The molecule has 0 saturated carbocycles. The second-order valence-corrected chi connectivity index (χ2v) is 4.67. The van der Waals surface area contributed by atoms with Crippen LogP contribution in [-0.2, 0) is 4.79 Å². The summed E-state index contributed by atoms with van der Waals surface area (Å²) >= 11 is 0. The maximum Gasteiger partial charge on any atom is 0.330 e. The Morgan fingerprint density at radius 2 is 1.95 bits per heavy atom. The lowest BCUT2D eigenvalue weighted by atomic mass is 10.1. The Kier molecular flexibility index (Phi) is 5.77. The minimum atomic E-state index is -1.09. The molecule has 1 atom stereocenters. The standard InChI is InChI=1S/C15H20N2O3/c1-4-10-17(11(2)3)15(20)16-13(14(18)19)12-8-6-5-7-9-12/h4-9,11,13H,1,10H2,2-3H3,(H,16,20)(H,18,19)/t13-/m0/s1. The molecule has 0 aliphatic heterocycles. The van der Waals surface area contributed by atoms with Crippen LogP contribution in [0, 0.1) is 0 Å². The fourth-order valence-corrected chi connectivity index (χ4v) is 1.81. The van der Waals surface area contributed by atoms with E-state index < -0.39 is 18.0 Å². The highest BCUT2D eigenvalue weighted by Gasteiger charge is 2.25. The van der Waals surface area contributed by atoms with Crippen LogP contribution in [0.3, 0.4) is 0 Å². The molecule has 1 aromatic carbocycles. The summed E-state index contributed by atoms with van der Waals surface area (Å²) in [5, 5.41) is 11.8. The largest absolute Gasteiger partial charge is 0.479 e. The highest BCUT2D eigenvalue weighted by atomic mass is 16.4. The van der Waals surface area contributed by atoms with Gasteiger partial charge in [-0.2, -0.15) is 0 Å².